The van der Waals surface area contributed by atoms with E-state index in [1.807, 2.05) is 19.9 Å². The van der Waals surface area contributed by atoms with E-state index in [9.17, 15) is 13.2 Å². The summed E-state index contributed by atoms with van der Waals surface area (Å²) < 4.78 is 31.6. The van der Waals surface area contributed by atoms with E-state index in [0.29, 0.717) is 18.7 Å². The lowest BCUT2D eigenvalue weighted by Gasteiger charge is -2.34. The highest BCUT2D eigenvalue weighted by molar-refractivity contribution is 7.89. The number of benzene rings is 1. The van der Waals surface area contributed by atoms with Crippen LogP contribution in [0.1, 0.15) is 24.2 Å². The molecule has 0 unspecified atom stereocenters. The number of sulfonamides is 1. The number of hydrogen-bond donors (Lipinski definition) is 1. The van der Waals surface area contributed by atoms with E-state index in [1.54, 1.807) is 24.3 Å². The Bertz CT molecular complexity index is 593. The van der Waals surface area contributed by atoms with Gasteiger partial charge in [0.2, 0.25) is 10.0 Å². The highest BCUT2D eigenvalue weighted by atomic mass is 32.2. The quantitative estimate of drug-likeness (QED) is 0.870. The van der Waals surface area contributed by atoms with Crippen molar-refractivity contribution in [2.24, 2.45) is 0 Å². The van der Waals surface area contributed by atoms with Crippen molar-refractivity contribution in [2.75, 3.05) is 25.4 Å². The molecule has 122 valence electrons. The van der Waals surface area contributed by atoms with Crippen LogP contribution in [0.5, 0.6) is 0 Å². The summed E-state index contributed by atoms with van der Waals surface area (Å²) in [6, 6.07) is 8.73. The molecule has 2 atom stereocenters. The van der Waals surface area contributed by atoms with E-state index >= 15 is 0 Å². The minimum absolute atomic E-state index is 0.0934. The first kappa shape index (κ1) is 16.9. The fourth-order valence-electron chi connectivity index (χ4n) is 2.47. The molecule has 1 heterocycles. The molecule has 6 nitrogen and oxygen atoms in total. The summed E-state index contributed by atoms with van der Waals surface area (Å²) in [5, 5.41) is 2.64. The summed E-state index contributed by atoms with van der Waals surface area (Å²) >= 11 is 0. The molecule has 1 N–H and O–H groups in total. The summed E-state index contributed by atoms with van der Waals surface area (Å²) in [7, 11) is -3.39. The summed E-state index contributed by atoms with van der Waals surface area (Å²) in [4.78, 5) is 11.9. The van der Waals surface area contributed by atoms with Gasteiger partial charge >= 0.3 is 0 Å². The number of carbonyl (C=O) groups excluding carboxylic acids is 1. The zero-order chi connectivity index (χ0) is 16.2. The van der Waals surface area contributed by atoms with Crippen LogP contribution in [0.3, 0.4) is 0 Å². The van der Waals surface area contributed by atoms with Gasteiger partial charge in [0.25, 0.3) is 5.91 Å². The normalized spacial score (nSPS) is 23.2. The van der Waals surface area contributed by atoms with Crippen molar-refractivity contribution in [1.82, 2.24) is 9.62 Å². The minimum atomic E-state index is -3.39. The van der Waals surface area contributed by atoms with Crippen LogP contribution in [0.25, 0.3) is 0 Å². The Balaban J connectivity index is 1.86. The number of nitrogens with zero attached hydrogens (tertiary/aromatic N) is 1. The second kappa shape index (κ2) is 7.21. The molecule has 0 spiro atoms. The van der Waals surface area contributed by atoms with Gasteiger partial charge in [-0.05, 0) is 26.0 Å². The average Bonchev–Trinajstić information content (AvgIpc) is 2.47. The molecular weight excluding hydrogens is 304 g/mol. The minimum Gasteiger partial charge on any atom is -0.373 e. The SMILES string of the molecule is C[C@@H]1CN(S(=O)(=O)CCNC(=O)c2ccccc2)C[C@H](C)O1. The molecule has 0 radical (unpaired) electrons. The van der Waals surface area contributed by atoms with Crippen LogP contribution < -0.4 is 5.32 Å². The fraction of sp³-hybridized carbons (Fsp3) is 0.533. The molecule has 2 rings (SSSR count). The second-order valence-corrected chi connectivity index (χ2v) is 7.60. The van der Waals surface area contributed by atoms with Crippen LogP contribution in [0, 0.1) is 0 Å². The smallest absolute Gasteiger partial charge is 0.251 e. The number of morpholine rings is 1. The molecule has 1 aromatic carbocycles. The second-order valence-electron chi connectivity index (χ2n) is 5.51. The van der Waals surface area contributed by atoms with Crippen molar-refractivity contribution in [2.45, 2.75) is 26.1 Å². The van der Waals surface area contributed by atoms with Gasteiger partial charge in [0.05, 0.1) is 18.0 Å². The van der Waals surface area contributed by atoms with Gasteiger partial charge in [-0.15, -0.1) is 0 Å². The van der Waals surface area contributed by atoms with Crippen LogP contribution in [-0.2, 0) is 14.8 Å². The number of ether oxygens (including phenoxy) is 1. The van der Waals surface area contributed by atoms with Gasteiger partial charge in [0.15, 0.2) is 0 Å². The van der Waals surface area contributed by atoms with E-state index in [4.69, 9.17) is 4.74 Å². The zero-order valence-electron chi connectivity index (χ0n) is 12.9. The third kappa shape index (κ3) is 4.53. The Morgan fingerprint density at radius 2 is 1.82 bits per heavy atom. The van der Waals surface area contributed by atoms with Gasteiger partial charge < -0.3 is 10.1 Å². The van der Waals surface area contributed by atoms with Crippen LogP contribution >= 0.6 is 0 Å². The predicted octanol–water partition coefficient (Wildman–Crippen LogP) is 0.855. The van der Waals surface area contributed by atoms with Crippen molar-refractivity contribution >= 4 is 15.9 Å². The summed E-state index contributed by atoms with van der Waals surface area (Å²) in [6.07, 6.45) is -0.227. The molecule has 1 aromatic rings. The van der Waals surface area contributed by atoms with Crippen molar-refractivity contribution < 1.29 is 17.9 Å². The van der Waals surface area contributed by atoms with E-state index in [2.05, 4.69) is 5.32 Å². The Morgan fingerprint density at radius 3 is 2.41 bits per heavy atom. The number of hydrogen-bond acceptors (Lipinski definition) is 4. The number of amides is 1. The predicted molar refractivity (Wildman–Crippen MR) is 84.1 cm³/mol. The van der Waals surface area contributed by atoms with Gasteiger partial charge in [0.1, 0.15) is 0 Å². The molecule has 0 bridgehead atoms. The molecule has 22 heavy (non-hydrogen) atoms. The molecule has 1 amide bonds. The molecule has 1 saturated heterocycles. The number of nitrogens with one attached hydrogen (secondary N) is 1. The van der Waals surface area contributed by atoms with Gasteiger partial charge in [-0.25, -0.2) is 8.42 Å². The van der Waals surface area contributed by atoms with Gasteiger partial charge in [-0.1, -0.05) is 18.2 Å². The molecule has 0 saturated carbocycles. The highest BCUT2D eigenvalue weighted by Crippen LogP contribution is 2.14. The maximum atomic E-state index is 12.3. The maximum Gasteiger partial charge on any atom is 0.251 e. The van der Waals surface area contributed by atoms with Crippen molar-refractivity contribution in [3.63, 3.8) is 0 Å². The lowest BCUT2D eigenvalue weighted by atomic mass is 10.2. The zero-order valence-corrected chi connectivity index (χ0v) is 13.7. The van der Waals surface area contributed by atoms with Crippen LogP contribution in [-0.4, -0.2) is 56.2 Å². The Labute approximate surface area is 131 Å². The first-order chi connectivity index (χ1) is 10.4. The number of carbonyl (C=O) groups is 1. The Kier molecular flexibility index (Phi) is 5.55. The first-order valence-corrected chi connectivity index (χ1v) is 8.96. The highest BCUT2D eigenvalue weighted by Gasteiger charge is 2.30. The average molecular weight is 326 g/mol. The Morgan fingerprint density at radius 1 is 1.23 bits per heavy atom. The summed E-state index contributed by atoms with van der Waals surface area (Å²) in [6.45, 7) is 4.53. The lowest BCUT2D eigenvalue weighted by Crippen LogP contribution is -2.49. The van der Waals surface area contributed by atoms with Gasteiger partial charge in [-0.3, -0.25) is 4.79 Å². The maximum absolute atomic E-state index is 12.3. The molecule has 1 fully saturated rings. The monoisotopic (exact) mass is 326 g/mol. The third-order valence-corrected chi connectivity index (χ3v) is 5.27. The van der Waals surface area contributed by atoms with Crippen molar-refractivity contribution in [3.8, 4) is 0 Å². The van der Waals surface area contributed by atoms with Crippen molar-refractivity contribution in [3.05, 3.63) is 35.9 Å². The van der Waals surface area contributed by atoms with E-state index in [1.165, 1.54) is 4.31 Å². The first-order valence-electron chi connectivity index (χ1n) is 7.35. The molecular formula is C15H22N2O4S. The van der Waals surface area contributed by atoms with Crippen LogP contribution in [0.2, 0.25) is 0 Å². The van der Waals surface area contributed by atoms with E-state index in [-0.39, 0.29) is 30.4 Å². The fourth-order valence-corrected chi connectivity index (χ4v) is 3.96. The largest absolute Gasteiger partial charge is 0.373 e. The van der Waals surface area contributed by atoms with Gasteiger partial charge in [-0.2, -0.15) is 4.31 Å². The van der Waals surface area contributed by atoms with Crippen LogP contribution in [0.4, 0.5) is 0 Å². The molecule has 1 aliphatic heterocycles. The molecule has 7 heteroatoms. The molecule has 0 aliphatic carbocycles. The van der Waals surface area contributed by atoms with E-state index in [0.717, 1.165) is 0 Å². The Hall–Kier alpha value is -1.44. The number of rotatable bonds is 5. The van der Waals surface area contributed by atoms with Gasteiger partial charge in [0, 0.05) is 25.2 Å². The lowest BCUT2D eigenvalue weighted by molar-refractivity contribution is -0.0440. The topological polar surface area (TPSA) is 75.7 Å². The third-order valence-electron chi connectivity index (χ3n) is 3.46. The summed E-state index contributed by atoms with van der Waals surface area (Å²) in [5.74, 6) is -0.370. The van der Waals surface area contributed by atoms with Crippen molar-refractivity contribution in [1.29, 1.82) is 0 Å². The van der Waals surface area contributed by atoms with Crippen LogP contribution in [0.15, 0.2) is 30.3 Å². The molecule has 0 aromatic heterocycles. The molecule has 1 aliphatic rings. The standard InChI is InChI=1S/C15H22N2O4S/c1-12-10-17(11-13(2)21-12)22(19,20)9-8-16-15(18)14-6-4-3-5-7-14/h3-7,12-13H,8-11H2,1-2H3,(H,16,18)/t12-,13+. The van der Waals surface area contributed by atoms with E-state index < -0.39 is 10.0 Å². The summed E-state index contributed by atoms with van der Waals surface area (Å²) in [5.41, 5.74) is 0.522.